The van der Waals surface area contributed by atoms with Gasteiger partial charge in [-0.1, -0.05) is 269 Å². The minimum Gasteiger partial charge on any atom is -0.320 e. The van der Waals surface area contributed by atoms with Crippen molar-refractivity contribution < 1.29 is 23.4 Å². The third-order valence-corrected chi connectivity index (χ3v) is 11.4. The first-order valence-corrected chi connectivity index (χ1v) is 38.2. The Morgan fingerprint density at radius 1 is 0.420 bits per heavy atom. The van der Waals surface area contributed by atoms with Crippen molar-refractivity contribution in [2.45, 2.75) is 291 Å². The number of urea groups is 2. The van der Waals surface area contributed by atoms with E-state index in [4.69, 9.17) is 0 Å². The molecule has 0 aliphatic carbocycles. The topological polar surface area (TPSA) is 148 Å². The Morgan fingerprint density at radius 3 is 0.773 bits per heavy atom. The molecule has 0 radical (unpaired) electrons. The molecule has 88 heavy (non-hydrogen) atoms. The van der Waals surface area contributed by atoms with Crippen molar-refractivity contribution in [1.29, 1.82) is 0 Å². The summed E-state index contributed by atoms with van der Waals surface area (Å²) in [5, 5.41) is 12.4. The molecule has 0 heterocycles. The maximum Gasteiger partial charge on any atom is 0.322 e. The minimum absolute atomic E-state index is 0.0452. The van der Waals surface area contributed by atoms with Crippen LogP contribution in [0.15, 0.2) is 131 Å². The maximum atomic E-state index is 12.0. The molecule has 4 aromatic rings. The number of anilines is 2. The number of carbonyl (C=O) groups is 2. The van der Waals surface area contributed by atoms with Gasteiger partial charge in [-0.05, 0) is 126 Å². The Morgan fingerprint density at radius 2 is 0.625 bits per heavy atom. The van der Waals surface area contributed by atoms with Crippen LogP contribution in [0, 0.1) is 0 Å². The summed E-state index contributed by atoms with van der Waals surface area (Å²) in [7, 11) is 2.04. The Bertz CT molecular complexity index is 1970. The zero-order valence-corrected chi connectivity index (χ0v) is 63.5. The molecule has 0 aromatic heterocycles. The maximum absolute atomic E-state index is 12.0. The average Bonchev–Trinajstić information content (AvgIpc) is 3.65. The summed E-state index contributed by atoms with van der Waals surface area (Å²) in [4.78, 5) is 53.8. The van der Waals surface area contributed by atoms with Crippen LogP contribution in [0.2, 0.25) is 0 Å². The van der Waals surface area contributed by atoms with Crippen molar-refractivity contribution in [3.63, 3.8) is 0 Å². The molecule has 12 nitrogen and oxygen atoms in total. The standard InChI is InChI=1S/2C13H20N2O.2C8H18.2C7H5NO.2C6H15N.C4H10.FH2IP2/c2*1-10(2)15(11(3)4)13(16)14-12-8-6-5-7-9-12;2*1-3-5-7-8-6-4-2;2*9-6-8-7-4-2-1-3-5-7;2*1-5(2)7-6(3)4;1-3-4-2;1-4(2)3/h2*5-11H,1-4H3,(H,14,16);2*3-8H2,1-2H3;2*1-5H;2*5-7H,1-4H3;3-4H2,1-2H3;3H2. The fourth-order valence-corrected chi connectivity index (χ4v) is 7.70. The third kappa shape index (κ3) is 74.1. The average molecular weight is 1380 g/mol. The van der Waals surface area contributed by atoms with E-state index in [0.29, 0.717) is 35.5 Å². The summed E-state index contributed by atoms with van der Waals surface area (Å²) in [6.45, 7) is 46.8. The highest BCUT2D eigenvalue weighted by atomic mass is 127. The Kier molecular flexibility index (Phi) is 75.5. The van der Waals surface area contributed by atoms with Crippen LogP contribution < -0.4 is 21.3 Å². The number of para-hydroxylation sites is 4. The molecule has 2 unspecified atom stereocenters. The predicted octanol–water partition coefficient (Wildman–Crippen LogP) is 23.8. The van der Waals surface area contributed by atoms with Crippen molar-refractivity contribution in [3.05, 3.63) is 121 Å². The number of unbranched alkanes of at least 4 members (excludes halogenated alkanes) is 11. The van der Waals surface area contributed by atoms with Crippen LogP contribution in [0.4, 0.5) is 36.5 Å². The molecular weight excluding hydrogens is 1250 g/mol. The second-order valence-electron chi connectivity index (χ2n) is 22.9. The molecule has 0 spiro atoms. The van der Waals surface area contributed by atoms with Gasteiger partial charge in [-0.15, -0.1) is 0 Å². The van der Waals surface area contributed by atoms with E-state index in [1.165, 1.54) is 102 Å². The van der Waals surface area contributed by atoms with E-state index in [1.807, 2.05) is 171 Å². The van der Waals surface area contributed by atoms with E-state index in [2.05, 4.69) is 128 Å². The fraction of sp³-hybridized carbons (Fsp3) is 0.611. The second kappa shape index (κ2) is 70.1. The van der Waals surface area contributed by atoms with Crippen LogP contribution in [-0.2, 0) is 9.59 Å². The SMILES string of the molecule is CC(C)N(C(=O)Nc1ccccc1)C(C)C.CC(C)N(C(=O)Nc1ccccc1)C(C)C.CC(C)NC(C)C.CC(C)NC(C)C.CCCC.CCCCCCCC.CCCCCCCC.FP(P)I.O=C=Nc1ccccc1.O=C=Nc1ccccc1. The van der Waals surface area contributed by atoms with Crippen molar-refractivity contribution in [2.24, 2.45) is 9.98 Å². The highest BCUT2D eigenvalue weighted by Gasteiger charge is 2.21. The van der Waals surface area contributed by atoms with Crippen LogP contribution in [0.25, 0.3) is 0 Å². The summed E-state index contributed by atoms with van der Waals surface area (Å²) in [5.41, 5.74) is 1.72. The lowest BCUT2D eigenvalue weighted by molar-refractivity contribution is 0.177. The van der Waals surface area contributed by atoms with Crippen molar-refractivity contribution in [1.82, 2.24) is 20.4 Å². The number of isocyanates is 2. The number of nitrogens with one attached hydrogen (secondary N) is 4. The summed E-state index contributed by atoms with van der Waals surface area (Å²) in [6.07, 6.45) is 22.5. The van der Waals surface area contributed by atoms with Gasteiger partial charge in [0.25, 0.3) is 0 Å². The summed E-state index contributed by atoms with van der Waals surface area (Å²) >= 11 is 1.70. The molecule has 2 atom stereocenters. The quantitative estimate of drug-likeness (QED) is 0.0191. The van der Waals surface area contributed by atoms with E-state index in [1.54, 1.807) is 46.3 Å². The van der Waals surface area contributed by atoms with Gasteiger partial charge in [0.1, 0.15) is 0 Å². The lowest BCUT2D eigenvalue weighted by Crippen LogP contribution is -2.44. The second-order valence-corrected chi connectivity index (χ2v) is 30.7. The number of hydrogen-bond donors (Lipinski definition) is 4. The van der Waals surface area contributed by atoms with Gasteiger partial charge in [-0.25, -0.2) is 23.4 Å². The van der Waals surface area contributed by atoms with Gasteiger partial charge in [0, 0.05) is 59.7 Å². The Labute approximate surface area is 556 Å². The number of aliphatic imine (C=N–C) groups is 2. The molecule has 0 bridgehead atoms. The van der Waals surface area contributed by atoms with Crippen molar-refractivity contribution >= 4 is 83.5 Å². The molecule has 4 aromatic carbocycles. The van der Waals surface area contributed by atoms with Gasteiger partial charge in [-0.2, -0.15) is 9.98 Å². The minimum atomic E-state index is -1.23. The van der Waals surface area contributed by atoms with E-state index in [9.17, 15) is 23.4 Å². The van der Waals surface area contributed by atoms with Crippen LogP contribution in [0.5, 0.6) is 0 Å². The van der Waals surface area contributed by atoms with Crippen LogP contribution in [0.3, 0.4) is 0 Å². The summed E-state index contributed by atoms with van der Waals surface area (Å²) in [5.74, 6) is 0. The molecule has 16 heteroatoms. The normalized spacial score (nSPS) is 10.1. The lowest BCUT2D eigenvalue weighted by atomic mass is 10.1. The van der Waals surface area contributed by atoms with Gasteiger partial charge in [-0.3, -0.25) is 0 Å². The monoisotopic (exact) mass is 1380 g/mol. The predicted molar refractivity (Wildman–Crippen MR) is 401 cm³/mol. The number of carbonyl (C=O) groups excluding carboxylic acids is 4. The van der Waals surface area contributed by atoms with Gasteiger partial charge in [0.15, 0.2) is 5.56 Å². The molecule has 504 valence electrons. The zero-order chi connectivity index (χ0) is 68.5. The number of nitrogens with zero attached hydrogens (tertiary/aromatic N) is 4. The van der Waals surface area contributed by atoms with E-state index in [-0.39, 0.29) is 36.2 Å². The molecule has 0 aliphatic rings. The van der Waals surface area contributed by atoms with Crippen LogP contribution in [0.1, 0.15) is 242 Å². The first-order valence-electron chi connectivity index (χ1n) is 32.6. The van der Waals surface area contributed by atoms with Gasteiger partial charge in [0.2, 0.25) is 12.2 Å². The number of amides is 4. The Hall–Kier alpha value is -4.38. The number of benzene rings is 4. The van der Waals surface area contributed by atoms with E-state index in [0.717, 1.165) is 11.4 Å². The highest BCUT2D eigenvalue weighted by Crippen LogP contribution is 2.54. The summed E-state index contributed by atoms with van der Waals surface area (Å²) < 4.78 is 11.0. The van der Waals surface area contributed by atoms with Gasteiger partial charge < -0.3 is 31.1 Å². The first-order chi connectivity index (χ1) is 41.6. The largest absolute Gasteiger partial charge is 0.322 e. The zero-order valence-electron chi connectivity index (χ0n) is 59.3. The van der Waals surface area contributed by atoms with Crippen LogP contribution >= 0.6 is 36.5 Å². The molecule has 4 amide bonds. The number of hydrogen-bond acceptors (Lipinski definition) is 8. The molecule has 4 N–H and O–H groups in total. The van der Waals surface area contributed by atoms with Gasteiger partial charge in [0.05, 0.1) is 11.4 Å². The fourth-order valence-electron chi connectivity index (χ4n) is 7.70. The molecule has 4 rings (SSSR count). The van der Waals surface area contributed by atoms with E-state index < -0.39 is 5.56 Å². The van der Waals surface area contributed by atoms with E-state index >= 15 is 0 Å². The smallest absolute Gasteiger partial charge is 0.320 e. The molecule has 0 saturated heterocycles. The van der Waals surface area contributed by atoms with Gasteiger partial charge >= 0.3 is 12.1 Å². The molecular formula is C72H128FIN8O4P2. The lowest BCUT2D eigenvalue weighted by Gasteiger charge is -2.30. The van der Waals surface area contributed by atoms with Crippen molar-refractivity contribution in [2.75, 3.05) is 10.6 Å². The number of halogens is 2. The van der Waals surface area contributed by atoms with Crippen molar-refractivity contribution in [3.8, 4) is 0 Å². The highest BCUT2D eigenvalue weighted by molar-refractivity contribution is 14.2. The summed E-state index contributed by atoms with van der Waals surface area (Å²) in [6, 6.07) is 40.2. The molecule has 0 fully saturated rings. The molecule has 0 saturated carbocycles. The third-order valence-electron chi connectivity index (χ3n) is 11.4. The molecule has 0 aliphatic heterocycles. The Balaban J connectivity index is -0.000000219. The van der Waals surface area contributed by atoms with Crippen LogP contribution in [-0.4, -0.2) is 82.4 Å². The number of rotatable bonds is 23. The first kappa shape index (κ1) is 94.7.